The normalized spacial score (nSPS) is 22.3. The van der Waals surface area contributed by atoms with E-state index in [9.17, 15) is 5.11 Å². The summed E-state index contributed by atoms with van der Waals surface area (Å²) in [6.07, 6.45) is 1.30. The molecule has 0 saturated carbocycles. The number of pyridine rings is 1. The van der Waals surface area contributed by atoms with E-state index in [0.717, 1.165) is 17.8 Å². The monoisotopic (exact) mass is 178 g/mol. The molecule has 1 aromatic heterocycles. The fourth-order valence-electron chi connectivity index (χ4n) is 1.72. The van der Waals surface area contributed by atoms with Gasteiger partial charge in [-0.2, -0.15) is 0 Å². The van der Waals surface area contributed by atoms with Crippen molar-refractivity contribution in [2.24, 2.45) is 0 Å². The van der Waals surface area contributed by atoms with Crippen LogP contribution in [0.1, 0.15) is 31.3 Å². The van der Waals surface area contributed by atoms with Crippen molar-refractivity contribution in [2.45, 2.75) is 32.7 Å². The lowest BCUT2D eigenvalue weighted by atomic mass is 10.2. The van der Waals surface area contributed by atoms with E-state index < -0.39 is 6.23 Å². The summed E-state index contributed by atoms with van der Waals surface area (Å²) in [6, 6.07) is 4.16. The number of nitrogens with zero attached hydrogens (tertiary/aromatic N) is 2. The van der Waals surface area contributed by atoms with Gasteiger partial charge in [0.25, 0.3) is 0 Å². The van der Waals surface area contributed by atoms with E-state index in [4.69, 9.17) is 0 Å². The van der Waals surface area contributed by atoms with Crippen LogP contribution in [-0.2, 0) is 6.54 Å². The van der Waals surface area contributed by atoms with Crippen LogP contribution in [0.5, 0.6) is 0 Å². The average Bonchev–Trinajstić information content (AvgIpc) is 2.45. The Morgan fingerprint density at radius 2 is 2.38 bits per heavy atom. The first-order valence-corrected chi connectivity index (χ1v) is 4.57. The Kier molecular flexibility index (Phi) is 2.06. The zero-order valence-electron chi connectivity index (χ0n) is 7.94. The molecule has 0 saturated heterocycles. The maximum atomic E-state index is 9.90. The molecular weight excluding hydrogens is 164 g/mol. The van der Waals surface area contributed by atoms with Gasteiger partial charge in [-0.1, -0.05) is 6.07 Å². The van der Waals surface area contributed by atoms with Crippen molar-refractivity contribution in [3.63, 3.8) is 0 Å². The zero-order valence-corrected chi connectivity index (χ0v) is 7.94. The predicted octanol–water partition coefficient (Wildman–Crippen LogP) is 1.30. The fraction of sp³-hybridized carbons (Fsp3) is 0.500. The van der Waals surface area contributed by atoms with E-state index in [2.05, 4.69) is 18.8 Å². The minimum absolute atomic E-state index is 0.351. The van der Waals surface area contributed by atoms with Gasteiger partial charge in [-0.05, 0) is 19.9 Å². The Labute approximate surface area is 78.0 Å². The van der Waals surface area contributed by atoms with Crippen LogP contribution in [0.3, 0.4) is 0 Å². The second-order valence-electron chi connectivity index (χ2n) is 3.68. The molecule has 0 aliphatic carbocycles. The van der Waals surface area contributed by atoms with Crippen molar-refractivity contribution < 1.29 is 5.11 Å². The minimum Gasteiger partial charge on any atom is -0.374 e. The van der Waals surface area contributed by atoms with E-state index in [1.807, 2.05) is 17.0 Å². The smallest absolute Gasteiger partial charge is 0.135 e. The van der Waals surface area contributed by atoms with E-state index >= 15 is 0 Å². The fourth-order valence-corrected chi connectivity index (χ4v) is 1.72. The largest absolute Gasteiger partial charge is 0.374 e. The van der Waals surface area contributed by atoms with Crippen LogP contribution in [0.15, 0.2) is 18.3 Å². The van der Waals surface area contributed by atoms with Crippen LogP contribution in [0, 0.1) is 0 Å². The van der Waals surface area contributed by atoms with Gasteiger partial charge in [-0.3, -0.25) is 9.88 Å². The minimum atomic E-state index is -0.469. The molecule has 1 aromatic rings. The molecular formula is C10H14N2O. The molecule has 1 atom stereocenters. The standard InChI is InChI=1S/C10H14N2O/c1-7(2)12-6-9-8(10(12)13)4-3-5-11-9/h3-5,7,10,13H,6H2,1-2H3. The third-order valence-electron chi connectivity index (χ3n) is 2.51. The highest BCUT2D eigenvalue weighted by atomic mass is 16.3. The summed E-state index contributed by atoms with van der Waals surface area (Å²) in [4.78, 5) is 6.27. The van der Waals surface area contributed by atoms with E-state index in [1.54, 1.807) is 6.20 Å². The summed E-state index contributed by atoms with van der Waals surface area (Å²) < 4.78 is 0. The molecule has 0 spiro atoms. The summed E-state index contributed by atoms with van der Waals surface area (Å²) in [6.45, 7) is 4.92. The third-order valence-corrected chi connectivity index (χ3v) is 2.51. The summed E-state index contributed by atoms with van der Waals surface area (Å²) >= 11 is 0. The molecule has 0 fully saturated rings. The Hall–Kier alpha value is -0.930. The van der Waals surface area contributed by atoms with Crippen LogP contribution in [0.2, 0.25) is 0 Å². The Bertz CT molecular complexity index is 312. The van der Waals surface area contributed by atoms with E-state index in [0.29, 0.717) is 6.04 Å². The molecule has 1 aliphatic heterocycles. The maximum Gasteiger partial charge on any atom is 0.135 e. The molecule has 3 heteroatoms. The first kappa shape index (κ1) is 8.66. The van der Waals surface area contributed by atoms with Crippen LogP contribution in [0.4, 0.5) is 0 Å². The number of aromatic nitrogens is 1. The van der Waals surface area contributed by atoms with Crippen molar-refractivity contribution >= 4 is 0 Å². The van der Waals surface area contributed by atoms with E-state index in [1.165, 1.54) is 0 Å². The SMILES string of the molecule is CC(C)N1Cc2ncccc2C1O. The molecule has 1 unspecified atom stereocenters. The average molecular weight is 178 g/mol. The van der Waals surface area contributed by atoms with Crippen molar-refractivity contribution in [3.8, 4) is 0 Å². The van der Waals surface area contributed by atoms with Gasteiger partial charge in [0.15, 0.2) is 0 Å². The molecule has 0 aromatic carbocycles. The molecule has 2 heterocycles. The van der Waals surface area contributed by atoms with Crippen LogP contribution in [-0.4, -0.2) is 21.0 Å². The molecule has 0 bridgehead atoms. The van der Waals surface area contributed by atoms with Gasteiger partial charge in [0.1, 0.15) is 6.23 Å². The molecule has 70 valence electrons. The number of aliphatic hydroxyl groups is 1. The lowest BCUT2D eigenvalue weighted by molar-refractivity contribution is -0.00738. The molecule has 3 nitrogen and oxygen atoms in total. The lowest BCUT2D eigenvalue weighted by Gasteiger charge is -2.23. The highest BCUT2D eigenvalue weighted by molar-refractivity contribution is 5.26. The summed E-state index contributed by atoms with van der Waals surface area (Å²) in [7, 11) is 0. The third kappa shape index (κ3) is 1.34. The molecule has 0 radical (unpaired) electrons. The highest BCUT2D eigenvalue weighted by Gasteiger charge is 2.30. The van der Waals surface area contributed by atoms with Crippen molar-refractivity contribution in [2.75, 3.05) is 0 Å². The molecule has 1 aliphatic rings. The van der Waals surface area contributed by atoms with Gasteiger partial charge in [0.05, 0.1) is 5.69 Å². The summed E-state index contributed by atoms with van der Waals surface area (Å²) in [5.74, 6) is 0. The topological polar surface area (TPSA) is 36.4 Å². The molecule has 2 rings (SSSR count). The van der Waals surface area contributed by atoms with Crippen LogP contribution in [0.25, 0.3) is 0 Å². The number of fused-ring (bicyclic) bond motifs is 1. The molecule has 1 N–H and O–H groups in total. The first-order chi connectivity index (χ1) is 6.20. The maximum absolute atomic E-state index is 9.90. The zero-order chi connectivity index (χ0) is 9.42. The number of rotatable bonds is 1. The van der Waals surface area contributed by atoms with Crippen molar-refractivity contribution in [3.05, 3.63) is 29.6 Å². The predicted molar refractivity (Wildman–Crippen MR) is 49.9 cm³/mol. The Morgan fingerprint density at radius 1 is 1.62 bits per heavy atom. The van der Waals surface area contributed by atoms with Crippen molar-refractivity contribution in [1.29, 1.82) is 0 Å². The number of aliphatic hydroxyl groups excluding tert-OH is 1. The van der Waals surface area contributed by atoms with Crippen LogP contribution < -0.4 is 0 Å². The van der Waals surface area contributed by atoms with Gasteiger partial charge in [-0.25, -0.2) is 0 Å². The summed E-state index contributed by atoms with van der Waals surface area (Å²) in [5, 5.41) is 9.90. The second kappa shape index (κ2) is 3.09. The quantitative estimate of drug-likeness (QED) is 0.704. The van der Waals surface area contributed by atoms with E-state index in [-0.39, 0.29) is 0 Å². The Balaban J connectivity index is 2.32. The number of hydrogen-bond donors (Lipinski definition) is 1. The van der Waals surface area contributed by atoms with Crippen molar-refractivity contribution in [1.82, 2.24) is 9.88 Å². The highest BCUT2D eigenvalue weighted by Crippen LogP contribution is 2.31. The number of hydrogen-bond acceptors (Lipinski definition) is 3. The van der Waals surface area contributed by atoms with Gasteiger partial charge in [-0.15, -0.1) is 0 Å². The summed E-state index contributed by atoms with van der Waals surface area (Å²) in [5.41, 5.74) is 1.96. The first-order valence-electron chi connectivity index (χ1n) is 4.57. The van der Waals surface area contributed by atoms with Gasteiger partial charge in [0.2, 0.25) is 0 Å². The Morgan fingerprint density at radius 3 is 3.00 bits per heavy atom. The molecule has 0 amide bonds. The molecule has 13 heavy (non-hydrogen) atoms. The van der Waals surface area contributed by atoms with Gasteiger partial charge >= 0.3 is 0 Å². The van der Waals surface area contributed by atoms with Gasteiger partial charge in [0, 0.05) is 24.3 Å². The van der Waals surface area contributed by atoms with Gasteiger partial charge < -0.3 is 5.11 Å². The van der Waals surface area contributed by atoms with Crippen LogP contribution >= 0.6 is 0 Å². The lowest BCUT2D eigenvalue weighted by Crippen LogP contribution is -2.28. The second-order valence-corrected chi connectivity index (χ2v) is 3.68.